The van der Waals surface area contributed by atoms with Gasteiger partial charge in [0.25, 0.3) is 5.91 Å². The number of rotatable bonds is 3. The molecule has 106 valence electrons. The molecular weight excluding hydrogens is 278 g/mol. The van der Waals surface area contributed by atoms with Crippen LogP contribution in [0.1, 0.15) is 13.3 Å². The minimum Gasteiger partial charge on any atom is -0.369 e. The molecule has 2 aliphatic rings. The molecule has 2 fully saturated rings. The first-order valence-electron chi connectivity index (χ1n) is 5.54. The van der Waals surface area contributed by atoms with Gasteiger partial charge in [-0.15, -0.1) is 0 Å². The van der Waals surface area contributed by atoms with Gasteiger partial charge >= 0.3 is 10.3 Å². The van der Waals surface area contributed by atoms with Crippen LogP contribution in [0.25, 0.3) is 0 Å². The van der Waals surface area contributed by atoms with Crippen LogP contribution in [0.5, 0.6) is 0 Å². The summed E-state index contributed by atoms with van der Waals surface area (Å²) in [4.78, 5) is 35.6. The van der Waals surface area contributed by atoms with Crippen molar-refractivity contribution in [3.05, 3.63) is 0 Å². The number of carbonyl (C=O) groups excluding carboxylic acids is 3. The molecule has 0 radical (unpaired) electrons. The van der Waals surface area contributed by atoms with E-state index in [9.17, 15) is 22.8 Å². The molecular formula is C9H13N3O6S. The highest BCUT2D eigenvalue weighted by Gasteiger charge is 2.56. The van der Waals surface area contributed by atoms with Gasteiger partial charge in [-0.2, -0.15) is 8.42 Å². The van der Waals surface area contributed by atoms with E-state index in [0.29, 0.717) is 4.31 Å². The van der Waals surface area contributed by atoms with E-state index >= 15 is 0 Å². The highest BCUT2D eigenvalue weighted by molar-refractivity contribution is 7.84. The molecule has 0 aromatic heterocycles. The molecule has 19 heavy (non-hydrogen) atoms. The molecule has 0 aliphatic carbocycles. The Morgan fingerprint density at radius 2 is 2.00 bits per heavy atom. The SMILES string of the molecule is C[C@H]1[C@H](N2CC(C(N)=O)CC2=O)C(=O)N1S(=O)(=O)O. The maximum atomic E-state index is 11.7. The van der Waals surface area contributed by atoms with E-state index in [0.717, 1.165) is 4.90 Å². The van der Waals surface area contributed by atoms with E-state index in [-0.39, 0.29) is 13.0 Å². The van der Waals surface area contributed by atoms with E-state index in [1.54, 1.807) is 0 Å². The summed E-state index contributed by atoms with van der Waals surface area (Å²) >= 11 is 0. The zero-order valence-corrected chi connectivity index (χ0v) is 10.8. The number of hydrogen-bond donors (Lipinski definition) is 2. The first-order valence-corrected chi connectivity index (χ1v) is 6.93. The van der Waals surface area contributed by atoms with E-state index < -0.39 is 46.0 Å². The highest BCUT2D eigenvalue weighted by atomic mass is 32.2. The summed E-state index contributed by atoms with van der Waals surface area (Å²) in [5.41, 5.74) is 5.10. The summed E-state index contributed by atoms with van der Waals surface area (Å²) in [7, 11) is -4.62. The van der Waals surface area contributed by atoms with Crippen molar-refractivity contribution >= 4 is 28.0 Å². The lowest BCUT2D eigenvalue weighted by Gasteiger charge is -2.46. The molecule has 2 aliphatic heterocycles. The minimum absolute atomic E-state index is 0.00572. The van der Waals surface area contributed by atoms with Crippen molar-refractivity contribution in [3.63, 3.8) is 0 Å². The van der Waals surface area contributed by atoms with Crippen LogP contribution in [-0.4, -0.2) is 58.5 Å². The van der Waals surface area contributed by atoms with Crippen molar-refractivity contribution in [1.82, 2.24) is 9.21 Å². The van der Waals surface area contributed by atoms with Crippen LogP contribution in [0.2, 0.25) is 0 Å². The molecule has 3 atom stereocenters. The van der Waals surface area contributed by atoms with Crippen LogP contribution in [-0.2, 0) is 24.7 Å². The average molecular weight is 291 g/mol. The van der Waals surface area contributed by atoms with Crippen LogP contribution >= 0.6 is 0 Å². The number of nitrogens with zero attached hydrogens (tertiary/aromatic N) is 2. The molecule has 9 nitrogen and oxygen atoms in total. The second kappa shape index (κ2) is 4.17. The summed E-state index contributed by atoms with van der Waals surface area (Å²) < 4.78 is 31.0. The Kier molecular flexibility index (Phi) is 3.01. The molecule has 10 heteroatoms. The molecule has 0 bridgehead atoms. The van der Waals surface area contributed by atoms with Crippen LogP contribution in [0, 0.1) is 5.92 Å². The van der Waals surface area contributed by atoms with Crippen molar-refractivity contribution in [2.24, 2.45) is 11.7 Å². The summed E-state index contributed by atoms with van der Waals surface area (Å²) in [5, 5.41) is 0. The van der Waals surface area contributed by atoms with Gasteiger partial charge in [0, 0.05) is 13.0 Å². The summed E-state index contributed by atoms with van der Waals surface area (Å²) in [6.07, 6.45) is -0.0856. The third kappa shape index (κ3) is 2.06. The van der Waals surface area contributed by atoms with Crippen LogP contribution in [0.3, 0.4) is 0 Å². The van der Waals surface area contributed by atoms with Gasteiger partial charge in [0.1, 0.15) is 6.04 Å². The lowest BCUT2D eigenvalue weighted by molar-refractivity contribution is -0.154. The molecule has 0 aromatic carbocycles. The van der Waals surface area contributed by atoms with Crippen LogP contribution < -0.4 is 5.73 Å². The summed E-state index contributed by atoms with van der Waals surface area (Å²) in [5.74, 6) is -2.62. The van der Waals surface area contributed by atoms with Crippen LogP contribution in [0.15, 0.2) is 0 Å². The number of nitrogens with two attached hydrogens (primary N) is 1. The number of hydrogen-bond acceptors (Lipinski definition) is 5. The lowest BCUT2D eigenvalue weighted by Crippen LogP contribution is -2.71. The Labute approximate surface area is 109 Å². The molecule has 3 N–H and O–H groups in total. The molecule has 2 heterocycles. The number of primary amides is 1. The van der Waals surface area contributed by atoms with Crippen molar-refractivity contribution in [2.75, 3.05) is 6.54 Å². The largest absolute Gasteiger partial charge is 0.369 e. The van der Waals surface area contributed by atoms with Gasteiger partial charge in [0.05, 0.1) is 12.0 Å². The maximum Gasteiger partial charge on any atom is 0.362 e. The number of β-lactam (4-membered cyclic amide) rings is 1. The topological polar surface area (TPSA) is 138 Å². The fourth-order valence-corrected chi connectivity index (χ4v) is 3.36. The second-order valence-electron chi connectivity index (χ2n) is 4.65. The van der Waals surface area contributed by atoms with Gasteiger partial charge in [0.15, 0.2) is 0 Å². The van der Waals surface area contributed by atoms with E-state index in [4.69, 9.17) is 10.3 Å². The smallest absolute Gasteiger partial charge is 0.362 e. The maximum absolute atomic E-state index is 11.7. The Bertz CT molecular complexity index is 558. The minimum atomic E-state index is -4.62. The standard InChI is InChI=1S/C9H13N3O6S/c1-4-7(9(15)12(4)19(16,17)18)11-3-5(8(10)14)2-6(11)13/h4-5,7H,2-3H2,1H3,(H2,10,14)(H,16,17,18)/t4-,5?,7-/m0/s1. The number of carbonyl (C=O) groups is 3. The monoisotopic (exact) mass is 291 g/mol. The van der Waals surface area contributed by atoms with E-state index in [1.165, 1.54) is 6.92 Å². The first-order chi connectivity index (χ1) is 8.64. The van der Waals surface area contributed by atoms with E-state index in [2.05, 4.69) is 0 Å². The van der Waals surface area contributed by atoms with Gasteiger partial charge in [-0.1, -0.05) is 0 Å². The molecule has 2 rings (SSSR count). The van der Waals surface area contributed by atoms with Gasteiger partial charge in [0.2, 0.25) is 11.8 Å². The molecule has 0 saturated carbocycles. The van der Waals surface area contributed by atoms with Crippen molar-refractivity contribution < 1.29 is 27.4 Å². The van der Waals surface area contributed by atoms with Gasteiger partial charge < -0.3 is 10.6 Å². The molecule has 2 saturated heterocycles. The fraction of sp³-hybridized carbons (Fsp3) is 0.667. The van der Waals surface area contributed by atoms with Crippen molar-refractivity contribution in [1.29, 1.82) is 0 Å². The Hall–Kier alpha value is -1.68. The van der Waals surface area contributed by atoms with Gasteiger partial charge in [-0.05, 0) is 6.92 Å². The van der Waals surface area contributed by atoms with Crippen molar-refractivity contribution in [3.8, 4) is 0 Å². The highest BCUT2D eigenvalue weighted by Crippen LogP contribution is 2.31. The van der Waals surface area contributed by atoms with Crippen LogP contribution in [0.4, 0.5) is 0 Å². The number of amides is 3. The van der Waals surface area contributed by atoms with E-state index in [1.807, 2.05) is 0 Å². The Balaban J connectivity index is 2.16. The fourth-order valence-electron chi connectivity index (χ4n) is 2.49. The van der Waals surface area contributed by atoms with Gasteiger partial charge in [-0.3, -0.25) is 18.9 Å². The third-order valence-corrected chi connectivity index (χ3v) is 4.45. The Morgan fingerprint density at radius 1 is 1.42 bits per heavy atom. The lowest BCUT2D eigenvalue weighted by atomic mass is 9.99. The summed E-state index contributed by atoms with van der Waals surface area (Å²) in [6.45, 7) is 1.39. The molecule has 1 unspecified atom stereocenters. The zero-order valence-electron chi connectivity index (χ0n) is 10.0. The Morgan fingerprint density at radius 3 is 2.37 bits per heavy atom. The average Bonchev–Trinajstić information content (AvgIpc) is 2.59. The van der Waals surface area contributed by atoms with Gasteiger partial charge in [-0.25, -0.2) is 4.31 Å². The quantitative estimate of drug-likeness (QED) is 0.444. The molecule has 0 aromatic rings. The normalized spacial score (nSPS) is 31.6. The molecule has 0 spiro atoms. The second-order valence-corrected chi connectivity index (χ2v) is 5.94. The predicted molar refractivity (Wildman–Crippen MR) is 60.7 cm³/mol. The molecule has 3 amide bonds. The first kappa shape index (κ1) is 13.7. The zero-order chi connectivity index (χ0) is 14.5. The summed E-state index contributed by atoms with van der Waals surface area (Å²) in [6, 6.07) is -1.84. The third-order valence-electron chi connectivity index (χ3n) is 3.44. The van der Waals surface area contributed by atoms with Crippen molar-refractivity contribution in [2.45, 2.75) is 25.4 Å². The predicted octanol–water partition coefficient (Wildman–Crippen LogP) is -2.28. The number of likely N-dealkylation sites (tertiary alicyclic amines) is 1.